The lowest BCUT2D eigenvalue weighted by molar-refractivity contribution is 0.302. The van der Waals surface area contributed by atoms with Crippen LogP contribution >= 0.6 is 0 Å². The minimum atomic E-state index is 0.422. The summed E-state index contributed by atoms with van der Waals surface area (Å²) in [7, 11) is 1.65. The van der Waals surface area contributed by atoms with Gasteiger partial charge >= 0.3 is 0 Å². The van der Waals surface area contributed by atoms with Gasteiger partial charge in [-0.1, -0.05) is 12.1 Å². The molecule has 0 amide bonds. The number of methoxy groups -OCH3 is 1. The minimum absolute atomic E-state index is 0.422. The van der Waals surface area contributed by atoms with Gasteiger partial charge in [-0.05, 0) is 24.6 Å². The molecular formula is C15H18N2O2. The van der Waals surface area contributed by atoms with Crippen molar-refractivity contribution in [2.45, 2.75) is 20.1 Å². The number of aromatic nitrogens is 1. The lowest BCUT2D eigenvalue weighted by Crippen LogP contribution is -2.04. The summed E-state index contributed by atoms with van der Waals surface area (Å²) >= 11 is 0. The Hall–Kier alpha value is -2.07. The average molecular weight is 258 g/mol. The van der Waals surface area contributed by atoms with Crippen LogP contribution < -0.4 is 15.2 Å². The van der Waals surface area contributed by atoms with Gasteiger partial charge in [0.2, 0.25) is 0 Å². The van der Waals surface area contributed by atoms with E-state index in [0.29, 0.717) is 13.2 Å². The van der Waals surface area contributed by atoms with Crippen LogP contribution in [-0.4, -0.2) is 12.1 Å². The van der Waals surface area contributed by atoms with Crippen LogP contribution in [0.5, 0.6) is 11.5 Å². The van der Waals surface area contributed by atoms with E-state index in [1.807, 2.05) is 37.3 Å². The van der Waals surface area contributed by atoms with Crippen molar-refractivity contribution in [2.24, 2.45) is 5.73 Å². The molecule has 1 heterocycles. The summed E-state index contributed by atoms with van der Waals surface area (Å²) < 4.78 is 10.9. The largest absolute Gasteiger partial charge is 0.497 e. The van der Waals surface area contributed by atoms with Gasteiger partial charge in [-0.2, -0.15) is 0 Å². The van der Waals surface area contributed by atoms with Crippen molar-refractivity contribution in [3.05, 3.63) is 53.3 Å². The fourth-order valence-corrected chi connectivity index (χ4v) is 1.73. The molecule has 1 aromatic carbocycles. The van der Waals surface area contributed by atoms with Gasteiger partial charge in [0.05, 0.1) is 7.11 Å². The molecule has 0 saturated carbocycles. The lowest BCUT2D eigenvalue weighted by atomic mass is 10.2. The molecule has 0 bridgehead atoms. The molecule has 4 heteroatoms. The molecule has 2 rings (SSSR count). The third kappa shape index (κ3) is 3.45. The second kappa shape index (κ2) is 6.20. The van der Waals surface area contributed by atoms with Crippen LogP contribution in [0.15, 0.2) is 36.5 Å². The van der Waals surface area contributed by atoms with Gasteiger partial charge in [0.1, 0.15) is 18.1 Å². The molecule has 100 valence electrons. The molecule has 0 radical (unpaired) electrons. The zero-order valence-electron chi connectivity index (χ0n) is 11.2. The predicted octanol–water partition coefficient (Wildman–Crippen LogP) is 2.44. The highest BCUT2D eigenvalue weighted by atomic mass is 16.5. The standard InChI is InChI=1S/C15H18N2O2/c1-11-7-15(13(8-16)9-17-11)19-10-12-3-5-14(18-2)6-4-12/h3-7,9H,8,10,16H2,1-2H3. The molecule has 0 atom stereocenters. The van der Waals surface area contributed by atoms with Gasteiger partial charge in [0.25, 0.3) is 0 Å². The van der Waals surface area contributed by atoms with Crippen LogP contribution in [0.4, 0.5) is 0 Å². The van der Waals surface area contributed by atoms with Gasteiger partial charge in [-0.25, -0.2) is 0 Å². The molecule has 4 nitrogen and oxygen atoms in total. The van der Waals surface area contributed by atoms with Crippen molar-refractivity contribution in [3.8, 4) is 11.5 Å². The maximum absolute atomic E-state index is 5.81. The minimum Gasteiger partial charge on any atom is -0.497 e. The summed E-state index contributed by atoms with van der Waals surface area (Å²) in [6.45, 7) is 2.85. The fourth-order valence-electron chi connectivity index (χ4n) is 1.73. The Morgan fingerprint density at radius 1 is 1.21 bits per heavy atom. The number of nitrogens with zero attached hydrogens (tertiary/aromatic N) is 1. The summed E-state index contributed by atoms with van der Waals surface area (Å²) in [4.78, 5) is 4.21. The van der Waals surface area contributed by atoms with Crippen LogP contribution in [0.2, 0.25) is 0 Å². The number of pyridine rings is 1. The summed E-state index contributed by atoms with van der Waals surface area (Å²) in [5.41, 5.74) is 8.59. The van der Waals surface area contributed by atoms with E-state index < -0.39 is 0 Å². The highest BCUT2D eigenvalue weighted by molar-refractivity contribution is 5.33. The van der Waals surface area contributed by atoms with Gasteiger partial charge in [-0.15, -0.1) is 0 Å². The molecular weight excluding hydrogens is 240 g/mol. The van der Waals surface area contributed by atoms with Crippen molar-refractivity contribution in [1.82, 2.24) is 4.98 Å². The molecule has 0 fully saturated rings. The van der Waals surface area contributed by atoms with E-state index in [1.54, 1.807) is 13.3 Å². The van der Waals surface area contributed by atoms with E-state index in [9.17, 15) is 0 Å². The van der Waals surface area contributed by atoms with Crippen LogP contribution in [0, 0.1) is 6.92 Å². The first-order chi connectivity index (χ1) is 9.22. The zero-order valence-corrected chi connectivity index (χ0v) is 11.2. The van der Waals surface area contributed by atoms with E-state index in [-0.39, 0.29) is 0 Å². The van der Waals surface area contributed by atoms with Crippen molar-refractivity contribution >= 4 is 0 Å². The molecule has 0 aliphatic heterocycles. The molecule has 0 unspecified atom stereocenters. The Balaban J connectivity index is 2.07. The van der Waals surface area contributed by atoms with E-state index >= 15 is 0 Å². The number of nitrogens with two attached hydrogens (primary N) is 1. The Morgan fingerprint density at radius 3 is 2.58 bits per heavy atom. The topological polar surface area (TPSA) is 57.4 Å². The van der Waals surface area contributed by atoms with E-state index in [2.05, 4.69) is 4.98 Å². The highest BCUT2D eigenvalue weighted by Crippen LogP contribution is 2.20. The second-order valence-corrected chi connectivity index (χ2v) is 4.27. The quantitative estimate of drug-likeness (QED) is 0.895. The normalized spacial score (nSPS) is 10.3. The molecule has 0 saturated heterocycles. The Bertz CT molecular complexity index is 538. The number of rotatable bonds is 5. The number of aryl methyl sites for hydroxylation is 1. The van der Waals surface area contributed by atoms with Crippen molar-refractivity contribution in [3.63, 3.8) is 0 Å². The SMILES string of the molecule is COc1ccc(COc2cc(C)ncc2CN)cc1. The monoisotopic (exact) mass is 258 g/mol. The smallest absolute Gasteiger partial charge is 0.127 e. The van der Waals surface area contributed by atoms with E-state index in [0.717, 1.165) is 28.3 Å². The average Bonchev–Trinajstić information content (AvgIpc) is 2.46. The van der Waals surface area contributed by atoms with Crippen LogP contribution in [-0.2, 0) is 13.2 Å². The van der Waals surface area contributed by atoms with Crippen molar-refractivity contribution in [2.75, 3.05) is 7.11 Å². The van der Waals surface area contributed by atoms with Gasteiger partial charge < -0.3 is 15.2 Å². The molecule has 19 heavy (non-hydrogen) atoms. The number of hydrogen-bond acceptors (Lipinski definition) is 4. The zero-order chi connectivity index (χ0) is 13.7. The number of benzene rings is 1. The molecule has 1 aromatic heterocycles. The number of ether oxygens (including phenoxy) is 2. The van der Waals surface area contributed by atoms with Gasteiger partial charge in [0.15, 0.2) is 0 Å². The molecule has 2 N–H and O–H groups in total. The first-order valence-electron chi connectivity index (χ1n) is 6.14. The van der Waals surface area contributed by atoms with Crippen LogP contribution in [0.3, 0.4) is 0 Å². The summed E-state index contributed by atoms with van der Waals surface area (Å²) in [5, 5.41) is 0. The molecule has 0 aliphatic rings. The Kier molecular flexibility index (Phi) is 4.36. The summed E-state index contributed by atoms with van der Waals surface area (Å²) in [5.74, 6) is 1.64. The van der Waals surface area contributed by atoms with Crippen LogP contribution in [0.25, 0.3) is 0 Å². The van der Waals surface area contributed by atoms with Gasteiger partial charge in [0, 0.05) is 30.1 Å². The number of hydrogen-bond donors (Lipinski definition) is 1. The maximum atomic E-state index is 5.81. The Labute approximate surface area is 113 Å². The summed E-state index contributed by atoms with van der Waals surface area (Å²) in [6, 6.07) is 9.70. The first kappa shape index (κ1) is 13.4. The van der Waals surface area contributed by atoms with Crippen molar-refractivity contribution in [1.29, 1.82) is 0 Å². The first-order valence-corrected chi connectivity index (χ1v) is 6.14. The second-order valence-electron chi connectivity index (χ2n) is 4.27. The fraction of sp³-hybridized carbons (Fsp3) is 0.267. The van der Waals surface area contributed by atoms with E-state index in [1.165, 1.54) is 0 Å². The lowest BCUT2D eigenvalue weighted by Gasteiger charge is -2.11. The molecule has 2 aromatic rings. The van der Waals surface area contributed by atoms with E-state index in [4.69, 9.17) is 15.2 Å². The van der Waals surface area contributed by atoms with Gasteiger partial charge in [-0.3, -0.25) is 4.98 Å². The highest BCUT2D eigenvalue weighted by Gasteiger charge is 2.04. The van der Waals surface area contributed by atoms with Crippen molar-refractivity contribution < 1.29 is 9.47 Å². The molecule has 0 spiro atoms. The molecule has 0 aliphatic carbocycles. The third-order valence-corrected chi connectivity index (χ3v) is 2.85. The Morgan fingerprint density at radius 2 is 1.95 bits per heavy atom. The summed E-state index contributed by atoms with van der Waals surface area (Å²) in [6.07, 6.45) is 1.76. The maximum Gasteiger partial charge on any atom is 0.127 e. The third-order valence-electron chi connectivity index (χ3n) is 2.85. The van der Waals surface area contributed by atoms with Crippen LogP contribution in [0.1, 0.15) is 16.8 Å². The predicted molar refractivity (Wildman–Crippen MR) is 74.2 cm³/mol.